The zero-order valence-electron chi connectivity index (χ0n) is 5.67. The Balaban J connectivity index is 2.48. The summed E-state index contributed by atoms with van der Waals surface area (Å²) in [6.07, 6.45) is 8.92. The molecule has 0 aromatic carbocycles. The molecule has 0 saturated heterocycles. The molecule has 1 heteroatoms. The molecular formula is C8H12S. The molecule has 1 atom stereocenters. The van der Waals surface area contributed by atoms with Gasteiger partial charge in [-0.1, -0.05) is 25.2 Å². The van der Waals surface area contributed by atoms with Gasteiger partial charge in [0, 0.05) is 0 Å². The average Bonchev–Trinajstić information content (AvgIpc) is 1.90. The summed E-state index contributed by atoms with van der Waals surface area (Å²) in [5.74, 6) is 0.765. The van der Waals surface area contributed by atoms with Gasteiger partial charge in [0.15, 0.2) is 0 Å². The van der Waals surface area contributed by atoms with E-state index in [1.54, 1.807) is 0 Å². The van der Waals surface area contributed by atoms with E-state index in [0.29, 0.717) is 0 Å². The van der Waals surface area contributed by atoms with Gasteiger partial charge < -0.3 is 0 Å². The lowest BCUT2D eigenvalue weighted by Crippen LogP contribution is -1.95. The molecule has 9 heavy (non-hydrogen) atoms. The highest BCUT2D eigenvalue weighted by Gasteiger charge is 2.02. The van der Waals surface area contributed by atoms with E-state index in [4.69, 9.17) is 0 Å². The Bertz CT molecular complexity index is 145. The van der Waals surface area contributed by atoms with Crippen molar-refractivity contribution < 1.29 is 0 Å². The molecule has 0 amide bonds. The highest BCUT2D eigenvalue weighted by Crippen LogP contribution is 2.20. The molecule has 0 aromatic heterocycles. The zero-order valence-corrected chi connectivity index (χ0v) is 6.57. The number of thiol groups is 1. The van der Waals surface area contributed by atoms with Crippen LogP contribution in [0.4, 0.5) is 0 Å². The third-order valence-corrected chi connectivity index (χ3v) is 2.02. The van der Waals surface area contributed by atoms with E-state index < -0.39 is 0 Å². The number of rotatable bonds is 1. The highest BCUT2D eigenvalue weighted by atomic mass is 32.1. The van der Waals surface area contributed by atoms with Crippen LogP contribution in [-0.2, 0) is 0 Å². The summed E-state index contributed by atoms with van der Waals surface area (Å²) < 4.78 is 0. The molecule has 1 unspecified atom stereocenters. The van der Waals surface area contributed by atoms with Gasteiger partial charge in [-0.2, -0.15) is 0 Å². The van der Waals surface area contributed by atoms with Gasteiger partial charge >= 0.3 is 0 Å². The van der Waals surface area contributed by atoms with E-state index in [-0.39, 0.29) is 0 Å². The fourth-order valence-electron chi connectivity index (χ4n) is 0.956. The van der Waals surface area contributed by atoms with Crippen LogP contribution in [0.1, 0.15) is 19.8 Å². The lowest BCUT2D eigenvalue weighted by molar-refractivity contribution is 0.632. The van der Waals surface area contributed by atoms with Crippen molar-refractivity contribution in [3.8, 4) is 0 Å². The molecule has 1 aliphatic rings. The standard InChI is InChI=1S/C8H12S/c1-2-7-3-5-8(9)6-4-7/h3,5-7,9H,2,4H2,1H3. The van der Waals surface area contributed by atoms with Crippen LogP contribution in [0.25, 0.3) is 0 Å². The number of hydrogen-bond acceptors (Lipinski definition) is 1. The van der Waals surface area contributed by atoms with Crippen molar-refractivity contribution in [3.05, 3.63) is 23.1 Å². The fourth-order valence-corrected chi connectivity index (χ4v) is 1.15. The second kappa shape index (κ2) is 3.11. The summed E-state index contributed by atoms with van der Waals surface area (Å²) >= 11 is 4.22. The van der Waals surface area contributed by atoms with Gasteiger partial charge in [-0.25, -0.2) is 0 Å². The molecule has 0 nitrogen and oxygen atoms in total. The molecule has 0 heterocycles. The summed E-state index contributed by atoms with van der Waals surface area (Å²) in [5.41, 5.74) is 0. The molecule has 0 aromatic rings. The Labute approximate surface area is 62.1 Å². The van der Waals surface area contributed by atoms with Crippen LogP contribution in [0.5, 0.6) is 0 Å². The van der Waals surface area contributed by atoms with Gasteiger partial charge in [0.25, 0.3) is 0 Å². The maximum absolute atomic E-state index is 4.22. The van der Waals surface area contributed by atoms with Gasteiger partial charge in [-0.3, -0.25) is 0 Å². The van der Waals surface area contributed by atoms with Crippen molar-refractivity contribution in [1.82, 2.24) is 0 Å². The lowest BCUT2D eigenvalue weighted by atomic mass is 9.98. The van der Waals surface area contributed by atoms with E-state index in [1.807, 2.05) is 0 Å². The molecule has 1 rings (SSSR count). The van der Waals surface area contributed by atoms with Crippen molar-refractivity contribution in [3.63, 3.8) is 0 Å². The van der Waals surface area contributed by atoms with Crippen LogP contribution < -0.4 is 0 Å². The third kappa shape index (κ3) is 1.90. The van der Waals surface area contributed by atoms with E-state index in [2.05, 4.69) is 37.8 Å². The van der Waals surface area contributed by atoms with E-state index in [1.165, 1.54) is 12.8 Å². The quantitative estimate of drug-likeness (QED) is 0.532. The highest BCUT2D eigenvalue weighted by molar-refractivity contribution is 7.84. The zero-order chi connectivity index (χ0) is 6.69. The summed E-state index contributed by atoms with van der Waals surface area (Å²) in [6, 6.07) is 0. The fraction of sp³-hybridized carbons (Fsp3) is 0.500. The van der Waals surface area contributed by atoms with Gasteiger partial charge in [0.05, 0.1) is 0 Å². The van der Waals surface area contributed by atoms with Crippen LogP contribution in [0.15, 0.2) is 23.1 Å². The van der Waals surface area contributed by atoms with Crippen molar-refractivity contribution >= 4 is 12.6 Å². The molecule has 0 radical (unpaired) electrons. The minimum Gasteiger partial charge on any atom is -0.144 e. The Hall–Kier alpha value is -0.170. The molecule has 0 aliphatic heterocycles. The molecule has 0 fully saturated rings. The topological polar surface area (TPSA) is 0 Å². The SMILES string of the molecule is CCC1C=CC(S)=CC1. The van der Waals surface area contributed by atoms with E-state index >= 15 is 0 Å². The van der Waals surface area contributed by atoms with Gasteiger partial charge in [-0.15, -0.1) is 12.6 Å². The van der Waals surface area contributed by atoms with Crippen molar-refractivity contribution in [2.24, 2.45) is 5.92 Å². The first-order valence-corrected chi connectivity index (χ1v) is 3.85. The number of allylic oxidation sites excluding steroid dienone is 3. The van der Waals surface area contributed by atoms with Crippen molar-refractivity contribution in [2.75, 3.05) is 0 Å². The molecular weight excluding hydrogens is 128 g/mol. The summed E-state index contributed by atoms with van der Waals surface area (Å²) in [6.45, 7) is 2.21. The first-order valence-electron chi connectivity index (χ1n) is 3.40. The Morgan fingerprint density at radius 2 is 2.56 bits per heavy atom. The summed E-state index contributed by atoms with van der Waals surface area (Å²) in [5, 5.41) is 0. The van der Waals surface area contributed by atoms with Crippen LogP contribution in [0.3, 0.4) is 0 Å². The van der Waals surface area contributed by atoms with Crippen LogP contribution in [0.2, 0.25) is 0 Å². The minimum atomic E-state index is 0.765. The molecule has 0 bridgehead atoms. The Kier molecular flexibility index (Phi) is 2.40. The minimum absolute atomic E-state index is 0.765. The molecule has 0 N–H and O–H groups in total. The van der Waals surface area contributed by atoms with Gasteiger partial charge in [0.2, 0.25) is 0 Å². The Morgan fingerprint density at radius 1 is 1.78 bits per heavy atom. The number of hydrogen-bond donors (Lipinski definition) is 1. The van der Waals surface area contributed by atoms with E-state index in [0.717, 1.165) is 10.8 Å². The Morgan fingerprint density at radius 3 is 3.00 bits per heavy atom. The monoisotopic (exact) mass is 140 g/mol. The summed E-state index contributed by atoms with van der Waals surface area (Å²) in [7, 11) is 0. The normalized spacial score (nSPS) is 26.0. The smallest absolute Gasteiger partial charge is 0.000285 e. The van der Waals surface area contributed by atoms with Crippen molar-refractivity contribution in [2.45, 2.75) is 19.8 Å². The first-order chi connectivity index (χ1) is 4.33. The second-order valence-electron chi connectivity index (χ2n) is 2.39. The summed E-state index contributed by atoms with van der Waals surface area (Å²) in [4.78, 5) is 1.11. The third-order valence-electron chi connectivity index (χ3n) is 1.69. The van der Waals surface area contributed by atoms with Crippen LogP contribution in [0, 0.1) is 5.92 Å². The van der Waals surface area contributed by atoms with Crippen LogP contribution >= 0.6 is 12.6 Å². The maximum atomic E-state index is 4.22. The molecule has 0 saturated carbocycles. The second-order valence-corrected chi connectivity index (χ2v) is 2.91. The largest absolute Gasteiger partial charge is 0.144 e. The first kappa shape index (κ1) is 6.94. The van der Waals surface area contributed by atoms with E-state index in [9.17, 15) is 0 Å². The average molecular weight is 140 g/mol. The molecule has 50 valence electrons. The van der Waals surface area contributed by atoms with Gasteiger partial charge in [0.1, 0.15) is 0 Å². The van der Waals surface area contributed by atoms with Crippen molar-refractivity contribution in [1.29, 1.82) is 0 Å². The predicted octanol–water partition coefficient (Wildman–Crippen LogP) is 2.79. The molecule has 0 spiro atoms. The van der Waals surface area contributed by atoms with Crippen LogP contribution in [-0.4, -0.2) is 0 Å². The lowest BCUT2D eigenvalue weighted by Gasteiger charge is -2.10. The maximum Gasteiger partial charge on any atom is -0.000285 e. The van der Waals surface area contributed by atoms with Gasteiger partial charge in [-0.05, 0) is 23.7 Å². The molecule has 1 aliphatic carbocycles. The predicted molar refractivity (Wildman–Crippen MR) is 44.6 cm³/mol.